The Labute approximate surface area is 104 Å². The van der Waals surface area contributed by atoms with Crippen LogP contribution in [0.15, 0.2) is 11.6 Å². The van der Waals surface area contributed by atoms with Crippen LogP contribution in [0.3, 0.4) is 0 Å². The molecule has 2 nitrogen and oxygen atoms in total. The minimum absolute atomic E-state index is 0.194. The van der Waals surface area contributed by atoms with Gasteiger partial charge < -0.3 is 9.84 Å². The smallest absolute Gasteiger partial charge is 0.0723 e. The SMILES string of the molecule is OC1C=C(CC2CCC3(CCCC3)O2)CCC1. The van der Waals surface area contributed by atoms with Crippen molar-refractivity contribution in [3.05, 3.63) is 11.6 Å². The van der Waals surface area contributed by atoms with E-state index in [9.17, 15) is 5.11 Å². The lowest BCUT2D eigenvalue weighted by atomic mass is 9.92. The van der Waals surface area contributed by atoms with Gasteiger partial charge in [0.1, 0.15) is 0 Å². The molecule has 2 heteroatoms. The van der Waals surface area contributed by atoms with Crippen molar-refractivity contribution in [1.29, 1.82) is 0 Å². The third-order valence-electron chi connectivity index (χ3n) is 4.77. The normalized spacial score (nSPS) is 36.4. The second-order valence-electron chi connectivity index (χ2n) is 6.16. The fraction of sp³-hybridized carbons (Fsp3) is 0.867. The number of rotatable bonds is 2. The molecule has 96 valence electrons. The molecule has 0 radical (unpaired) electrons. The van der Waals surface area contributed by atoms with Gasteiger partial charge in [-0.25, -0.2) is 0 Å². The van der Waals surface area contributed by atoms with Gasteiger partial charge in [0.2, 0.25) is 0 Å². The van der Waals surface area contributed by atoms with Gasteiger partial charge in [-0.2, -0.15) is 0 Å². The van der Waals surface area contributed by atoms with Gasteiger partial charge in [-0.1, -0.05) is 24.5 Å². The van der Waals surface area contributed by atoms with Crippen LogP contribution >= 0.6 is 0 Å². The largest absolute Gasteiger partial charge is 0.389 e. The fourth-order valence-electron chi connectivity index (χ4n) is 3.87. The minimum Gasteiger partial charge on any atom is -0.389 e. The number of aliphatic hydroxyl groups is 1. The number of hydrogen-bond donors (Lipinski definition) is 1. The molecule has 0 amide bonds. The van der Waals surface area contributed by atoms with Gasteiger partial charge in [0.25, 0.3) is 0 Å². The zero-order valence-electron chi connectivity index (χ0n) is 10.7. The summed E-state index contributed by atoms with van der Waals surface area (Å²) in [6, 6.07) is 0. The van der Waals surface area contributed by atoms with Crippen molar-refractivity contribution in [3.63, 3.8) is 0 Å². The average molecular weight is 236 g/mol. The molecule has 1 saturated heterocycles. The summed E-state index contributed by atoms with van der Waals surface area (Å²) in [5, 5.41) is 9.64. The monoisotopic (exact) mass is 236 g/mol. The lowest BCUT2D eigenvalue weighted by Crippen LogP contribution is -2.25. The quantitative estimate of drug-likeness (QED) is 0.745. The second kappa shape index (κ2) is 4.74. The second-order valence-corrected chi connectivity index (χ2v) is 6.16. The van der Waals surface area contributed by atoms with E-state index < -0.39 is 0 Å². The molecule has 1 spiro atoms. The topological polar surface area (TPSA) is 29.5 Å². The first-order valence-corrected chi connectivity index (χ1v) is 7.31. The van der Waals surface area contributed by atoms with Crippen LogP contribution in [0.5, 0.6) is 0 Å². The van der Waals surface area contributed by atoms with Gasteiger partial charge in [-0.15, -0.1) is 0 Å². The molecule has 2 aliphatic carbocycles. The molecule has 1 aliphatic heterocycles. The fourth-order valence-corrected chi connectivity index (χ4v) is 3.87. The highest BCUT2D eigenvalue weighted by Gasteiger charge is 2.42. The molecule has 0 bridgehead atoms. The Hall–Kier alpha value is -0.340. The summed E-state index contributed by atoms with van der Waals surface area (Å²) in [6.45, 7) is 0. The van der Waals surface area contributed by atoms with Crippen molar-refractivity contribution in [2.24, 2.45) is 0 Å². The third kappa shape index (κ3) is 2.58. The predicted octanol–water partition coefficient (Wildman–Crippen LogP) is 3.34. The van der Waals surface area contributed by atoms with E-state index in [-0.39, 0.29) is 11.7 Å². The van der Waals surface area contributed by atoms with Crippen LogP contribution in [0.1, 0.15) is 64.2 Å². The maximum Gasteiger partial charge on any atom is 0.0723 e. The summed E-state index contributed by atoms with van der Waals surface area (Å²) >= 11 is 0. The van der Waals surface area contributed by atoms with Gasteiger partial charge >= 0.3 is 0 Å². The van der Waals surface area contributed by atoms with E-state index in [4.69, 9.17) is 4.74 Å². The summed E-state index contributed by atoms with van der Waals surface area (Å²) < 4.78 is 6.33. The van der Waals surface area contributed by atoms with E-state index in [1.54, 1.807) is 0 Å². The highest BCUT2D eigenvalue weighted by Crippen LogP contribution is 2.44. The summed E-state index contributed by atoms with van der Waals surface area (Å²) in [7, 11) is 0. The van der Waals surface area contributed by atoms with Crippen molar-refractivity contribution in [1.82, 2.24) is 0 Å². The molecule has 1 heterocycles. The molecule has 17 heavy (non-hydrogen) atoms. The van der Waals surface area contributed by atoms with Gasteiger partial charge in [-0.05, 0) is 51.4 Å². The molecule has 1 N–H and O–H groups in total. The van der Waals surface area contributed by atoms with Gasteiger partial charge in [0, 0.05) is 0 Å². The molecular formula is C15H24O2. The first-order chi connectivity index (χ1) is 8.26. The predicted molar refractivity (Wildman–Crippen MR) is 67.9 cm³/mol. The zero-order chi connectivity index (χ0) is 11.7. The van der Waals surface area contributed by atoms with Crippen LogP contribution in [-0.2, 0) is 4.74 Å². The first-order valence-electron chi connectivity index (χ1n) is 7.31. The summed E-state index contributed by atoms with van der Waals surface area (Å²) in [4.78, 5) is 0. The van der Waals surface area contributed by atoms with Crippen molar-refractivity contribution < 1.29 is 9.84 Å². The highest BCUT2D eigenvalue weighted by molar-refractivity contribution is 5.11. The molecule has 1 saturated carbocycles. The number of aliphatic hydroxyl groups excluding tert-OH is 1. The standard InChI is InChI=1S/C15H24O2/c16-13-5-3-4-12(10-13)11-14-6-9-15(17-14)7-1-2-8-15/h10,13-14,16H,1-9,11H2. The third-order valence-corrected chi connectivity index (χ3v) is 4.77. The van der Waals surface area contributed by atoms with Crippen molar-refractivity contribution >= 4 is 0 Å². The average Bonchev–Trinajstić information content (AvgIpc) is 2.90. The van der Waals surface area contributed by atoms with Crippen molar-refractivity contribution in [3.8, 4) is 0 Å². The molecule has 3 aliphatic rings. The summed E-state index contributed by atoms with van der Waals surface area (Å²) in [5.41, 5.74) is 1.70. The maximum atomic E-state index is 9.64. The lowest BCUT2D eigenvalue weighted by Gasteiger charge is -2.25. The van der Waals surface area contributed by atoms with Gasteiger partial charge in [-0.3, -0.25) is 0 Å². The highest BCUT2D eigenvalue weighted by atomic mass is 16.5. The Morgan fingerprint density at radius 3 is 2.76 bits per heavy atom. The Balaban J connectivity index is 1.56. The van der Waals surface area contributed by atoms with Gasteiger partial charge in [0.15, 0.2) is 0 Å². The molecule has 0 aromatic rings. The molecule has 0 aromatic carbocycles. The van der Waals surface area contributed by atoms with Crippen LogP contribution in [0.4, 0.5) is 0 Å². The van der Waals surface area contributed by atoms with E-state index in [0.29, 0.717) is 6.10 Å². The van der Waals surface area contributed by atoms with Crippen LogP contribution < -0.4 is 0 Å². The maximum absolute atomic E-state index is 9.64. The Bertz CT molecular complexity index is 302. The Morgan fingerprint density at radius 2 is 2.00 bits per heavy atom. The van der Waals surface area contributed by atoms with E-state index >= 15 is 0 Å². The molecule has 2 atom stereocenters. The number of hydrogen-bond acceptors (Lipinski definition) is 2. The first kappa shape index (κ1) is 11.7. The molecule has 2 fully saturated rings. The molecule has 2 unspecified atom stereocenters. The molecular weight excluding hydrogens is 212 g/mol. The zero-order valence-corrected chi connectivity index (χ0v) is 10.7. The van der Waals surface area contributed by atoms with Crippen LogP contribution in [-0.4, -0.2) is 22.9 Å². The Kier molecular flexibility index (Phi) is 3.27. The van der Waals surface area contributed by atoms with Gasteiger partial charge in [0.05, 0.1) is 17.8 Å². The van der Waals surface area contributed by atoms with Crippen molar-refractivity contribution in [2.45, 2.75) is 82.0 Å². The summed E-state index contributed by atoms with van der Waals surface area (Å²) in [5.74, 6) is 0. The molecule has 3 rings (SSSR count). The Morgan fingerprint density at radius 1 is 1.18 bits per heavy atom. The van der Waals surface area contributed by atoms with Crippen LogP contribution in [0.25, 0.3) is 0 Å². The summed E-state index contributed by atoms with van der Waals surface area (Å²) in [6.07, 6.45) is 14.4. The minimum atomic E-state index is -0.194. The van der Waals surface area contributed by atoms with Crippen molar-refractivity contribution in [2.75, 3.05) is 0 Å². The van der Waals surface area contributed by atoms with E-state index in [1.165, 1.54) is 50.5 Å². The van der Waals surface area contributed by atoms with E-state index in [2.05, 4.69) is 6.08 Å². The number of ether oxygens (including phenoxy) is 1. The molecule has 0 aromatic heterocycles. The van der Waals surface area contributed by atoms with E-state index in [1.807, 2.05) is 0 Å². The van der Waals surface area contributed by atoms with E-state index in [0.717, 1.165) is 19.3 Å². The van der Waals surface area contributed by atoms with Crippen LogP contribution in [0, 0.1) is 0 Å². The lowest BCUT2D eigenvalue weighted by molar-refractivity contribution is -0.0359. The van der Waals surface area contributed by atoms with Crippen LogP contribution in [0.2, 0.25) is 0 Å².